The van der Waals surface area contributed by atoms with E-state index in [4.69, 9.17) is 14.2 Å². The lowest BCUT2D eigenvalue weighted by atomic mass is 9.49. The molecule has 7 rings (SSSR count). The molecule has 6 heteroatoms. The quantitative estimate of drug-likeness (QED) is 0.647. The average molecular weight is 467 g/mol. The molecule has 0 bridgehead atoms. The van der Waals surface area contributed by atoms with E-state index in [1.807, 2.05) is 19.9 Å². The molecule has 11 atom stereocenters. The van der Waals surface area contributed by atoms with Gasteiger partial charge in [-0.05, 0) is 74.6 Å². The van der Waals surface area contributed by atoms with E-state index < -0.39 is 23.4 Å². The van der Waals surface area contributed by atoms with Gasteiger partial charge in [0.25, 0.3) is 0 Å². The van der Waals surface area contributed by atoms with E-state index in [0.29, 0.717) is 6.42 Å². The van der Waals surface area contributed by atoms with E-state index >= 15 is 0 Å². The normalized spacial score (nSPS) is 53.1. The van der Waals surface area contributed by atoms with Crippen LogP contribution in [-0.4, -0.2) is 51.3 Å². The van der Waals surface area contributed by atoms with Gasteiger partial charge in [-0.2, -0.15) is 0 Å². The topological polar surface area (TPSA) is 91.8 Å². The Morgan fingerprint density at radius 1 is 1.12 bits per heavy atom. The van der Waals surface area contributed by atoms with E-state index in [0.717, 1.165) is 36.0 Å². The summed E-state index contributed by atoms with van der Waals surface area (Å²) in [6.45, 7) is 8.14. The molecule has 3 heterocycles. The van der Waals surface area contributed by atoms with Gasteiger partial charge in [0.15, 0.2) is 12.1 Å². The molecule has 0 radical (unpaired) electrons. The lowest BCUT2D eigenvalue weighted by Crippen LogP contribution is -2.56. The molecule has 182 valence electrons. The first-order valence-corrected chi connectivity index (χ1v) is 12.8. The molecule has 4 fully saturated rings. The molecule has 34 heavy (non-hydrogen) atoms. The van der Waals surface area contributed by atoms with E-state index in [1.54, 1.807) is 6.08 Å². The van der Waals surface area contributed by atoms with Crippen molar-refractivity contribution in [1.82, 2.24) is 0 Å². The first kappa shape index (κ1) is 21.7. The van der Waals surface area contributed by atoms with Crippen molar-refractivity contribution in [2.75, 3.05) is 0 Å². The van der Waals surface area contributed by atoms with Gasteiger partial charge < -0.3 is 24.4 Å². The van der Waals surface area contributed by atoms with Crippen molar-refractivity contribution in [3.8, 4) is 0 Å². The number of carbonyl (C=O) groups excluding carboxylic acids is 1. The second-order valence-corrected chi connectivity index (χ2v) is 12.2. The van der Waals surface area contributed by atoms with Crippen LogP contribution in [0.5, 0.6) is 0 Å². The molecule has 3 aliphatic heterocycles. The van der Waals surface area contributed by atoms with Gasteiger partial charge in [0.1, 0.15) is 16.8 Å². The number of benzene rings is 1. The minimum absolute atomic E-state index is 0.0452. The Morgan fingerprint density at radius 2 is 1.91 bits per heavy atom. The highest BCUT2D eigenvalue weighted by Crippen LogP contribution is 2.70. The van der Waals surface area contributed by atoms with Crippen LogP contribution in [0.25, 0.3) is 0 Å². The van der Waals surface area contributed by atoms with Crippen molar-refractivity contribution in [3.05, 3.63) is 47.0 Å². The Hall–Kier alpha value is -1.57. The third kappa shape index (κ3) is 2.42. The second kappa shape index (κ2) is 6.40. The van der Waals surface area contributed by atoms with Gasteiger partial charge in [0.05, 0.1) is 23.7 Å². The molecule has 1 aromatic rings. The van der Waals surface area contributed by atoms with Gasteiger partial charge in [-0.3, -0.25) is 4.79 Å². The predicted octanol–water partition coefficient (Wildman–Crippen LogP) is 3.66. The van der Waals surface area contributed by atoms with Crippen LogP contribution in [0.4, 0.5) is 0 Å². The minimum atomic E-state index is -0.938. The van der Waals surface area contributed by atoms with Gasteiger partial charge in [-0.15, -0.1) is 0 Å². The monoisotopic (exact) mass is 466 g/mol. The first-order valence-electron chi connectivity index (χ1n) is 12.8. The first-order chi connectivity index (χ1) is 16.0. The molecule has 0 aromatic heterocycles. The van der Waals surface area contributed by atoms with E-state index in [9.17, 15) is 15.0 Å². The fourth-order valence-electron chi connectivity index (χ4n) is 8.17. The highest BCUT2D eigenvalue weighted by Gasteiger charge is 2.76. The van der Waals surface area contributed by atoms with E-state index in [1.165, 1.54) is 0 Å². The molecule has 2 N–H and O–H groups in total. The summed E-state index contributed by atoms with van der Waals surface area (Å²) in [5.41, 5.74) is 1.28. The van der Waals surface area contributed by atoms with Gasteiger partial charge >= 0.3 is 0 Å². The molecule has 1 spiro atoms. The Bertz CT molecular complexity index is 1130. The third-order valence-electron chi connectivity index (χ3n) is 10.8. The number of aliphatic hydroxyl groups excluding tert-OH is 2. The van der Waals surface area contributed by atoms with Gasteiger partial charge in [0.2, 0.25) is 0 Å². The molecule has 3 aliphatic carbocycles. The molecule has 1 saturated carbocycles. The fourth-order valence-corrected chi connectivity index (χ4v) is 8.17. The molecule has 1 aromatic carbocycles. The fraction of sp³-hybridized carbons (Fsp3) is 0.679. The number of ketones is 1. The van der Waals surface area contributed by atoms with Crippen LogP contribution in [0.15, 0.2) is 30.4 Å². The maximum atomic E-state index is 13.2. The molecule has 3 saturated heterocycles. The Kier molecular flexibility index (Phi) is 4.08. The van der Waals surface area contributed by atoms with Gasteiger partial charge in [-0.25, -0.2) is 0 Å². The highest BCUT2D eigenvalue weighted by molar-refractivity contribution is 5.98. The van der Waals surface area contributed by atoms with Crippen LogP contribution in [0.1, 0.15) is 88.0 Å². The third-order valence-corrected chi connectivity index (χ3v) is 10.8. The summed E-state index contributed by atoms with van der Waals surface area (Å²) in [5, 5.41) is 21.8. The summed E-state index contributed by atoms with van der Waals surface area (Å²) in [6, 6.07) is 6.42. The van der Waals surface area contributed by atoms with Crippen molar-refractivity contribution in [2.45, 2.75) is 107 Å². The summed E-state index contributed by atoms with van der Waals surface area (Å²) in [4.78, 5) is 13.2. The molecule has 0 amide bonds. The summed E-state index contributed by atoms with van der Waals surface area (Å²) in [6.07, 6.45) is 5.08. The van der Waals surface area contributed by atoms with E-state index in [2.05, 4.69) is 32.0 Å². The van der Waals surface area contributed by atoms with Crippen molar-refractivity contribution >= 4 is 5.78 Å². The zero-order chi connectivity index (χ0) is 23.8. The maximum absolute atomic E-state index is 13.2. The lowest BCUT2D eigenvalue weighted by Gasteiger charge is -2.52. The van der Waals surface area contributed by atoms with Gasteiger partial charge in [0, 0.05) is 12.3 Å². The van der Waals surface area contributed by atoms with Crippen molar-refractivity contribution < 1.29 is 29.2 Å². The maximum Gasteiger partial charge on any atom is 0.186 e. The SMILES string of the molecule is C[C@@H](c1ccc2c(c1)[C@H](O)C[C@H]1[C@H]2C[C@@H]2O[C@@]23CC=CC(=O)[C@]13C)C1C[C@]2(C)O[C@]2(C)[C@H](O)O1. The van der Waals surface area contributed by atoms with Crippen molar-refractivity contribution in [2.24, 2.45) is 11.3 Å². The Morgan fingerprint density at radius 3 is 2.68 bits per heavy atom. The summed E-state index contributed by atoms with van der Waals surface area (Å²) >= 11 is 0. The highest BCUT2D eigenvalue weighted by atomic mass is 16.7. The number of aliphatic hydroxyl groups is 2. The Balaban J connectivity index is 1.21. The van der Waals surface area contributed by atoms with Crippen LogP contribution in [0.3, 0.4) is 0 Å². The zero-order valence-electron chi connectivity index (χ0n) is 20.3. The summed E-state index contributed by atoms with van der Waals surface area (Å²) in [5.74, 6) is 0.462. The number of hydrogen-bond donors (Lipinski definition) is 2. The largest absolute Gasteiger partial charge is 0.388 e. The minimum Gasteiger partial charge on any atom is -0.388 e. The number of fused-ring (bicyclic) bond motifs is 5. The number of epoxide rings is 2. The van der Waals surface area contributed by atoms with Crippen molar-refractivity contribution in [3.63, 3.8) is 0 Å². The van der Waals surface area contributed by atoms with Crippen LogP contribution in [0, 0.1) is 11.3 Å². The summed E-state index contributed by atoms with van der Waals surface area (Å²) in [7, 11) is 0. The predicted molar refractivity (Wildman–Crippen MR) is 123 cm³/mol. The molecule has 1 unspecified atom stereocenters. The lowest BCUT2D eigenvalue weighted by molar-refractivity contribution is -0.187. The number of rotatable bonds is 2. The number of carbonyl (C=O) groups is 1. The van der Waals surface area contributed by atoms with Gasteiger partial charge in [-0.1, -0.05) is 31.2 Å². The zero-order valence-corrected chi connectivity index (χ0v) is 20.3. The van der Waals surface area contributed by atoms with Crippen LogP contribution in [0.2, 0.25) is 0 Å². The van der Waals surface area contributed by atoms with Crippen LogP contribution >= 0.6 is 0 Å². The number of ether oxygens (including phenoxy) is 3. The second-order valence-electron chi connectivity index (χ2n) is 12.2. The number of hydrogen-bond acceptors (Lipinski definition) is 6. The number of allylic oxidation sites excluding steroid dienone is 1. The van der Waals surface area contributed by atoms with E-state index in [-0.39, 0.29) is 46.9 Å². The molecular weight excluding hydrogens is 432 g/mol. The van der Waals surface area contributed by atoms with Crippen LogP contribution in [-0.2, 0) is 19.0 Å². The molecular formula is C28H34O6. The summed E-state index contributed by atoms with van der Waals surface area (Å²) < 4.78 is 18.1. The van der Waals surface area contributed by atoms with Crippen molar-refractivity contribution in [1.29, 1.82) is 0 Å². The smallest absolute Gasteiger partial charge is 0.186 e. The standard InChI is InChI=1S/C28H34O6/c1-14(21-13-25(2)27(4,34-25)24(31)32-21)15-7-8-16-17-11-23-28(33-23)9-5-6-22(30)26(28,3)19(17)12-20(29)18(16)10-15/h5-8,10,14,17,19-21,23-24,29,31H,9,11-13H2,1-4H3/t14-,17-,19-,20+,21?,23-,24+,25-,26-,27+,28-/m0/s1. The van der Waals surface area contributed by atoms with Crippen LogP contribution < -0.4 is 0 Å². The molecule has 6 nitrogen and oxygen atoms in total. The average Bonchev–Trinajstić information content (AvgIpc) is 3.66. The molecule has 6 aliphatic rings. The Labute approximate surface area is 200 Å².